The minimum Gasteiger partial charge on any atom is -0.322 e. The summed E-state index contributed by atoms with van der Waals surface area (Å²) in [7, 11) is 0. The second-order valence-electron chi connectivity index (χ2n) is 11.7. The third-order valence-corrected chi connectivity index (χ3v) is 9.73. The zero-order chi connectivity index (χ0) is 26.4. The summed E-state index contributed by atoms with van der Waals surface area (Å²) in [6.45, 7) is 8.75. The van der Waals surface area contributed by atoms with Gasteiger partial charge in [-0.25, -0.2) is 0 Å². The summed E-state index contributed by atoms with van der Waals surface area (Å²) in [4.78, 5) is 39.6. The van der Waals surface area contributed by atoms with E-state index in [2.05, 4.69) is 37.5 Å². The summed E-state index contributed by atoms with van der Waals surface area (Å²) in [5.74, 6) is 2.80. The minimum atomic E-state index is -0.553. The lowest BCUT2D eigenvalue weighted by Crippen LogP contribution is -2.52. The number of rotatable bonds is 12. The molecule has 1 aromatic carbocycles. The van der Waals surface area contributed by atoms with E-state index in [1.807, 2.05) is 23.9 Å². The van der Waals surface area contributed by atoms with E-state index in [4.69, 9.17) is 0 Å². The second kappa shape index (κ2) is 13.3. The van der Waals surface area contributed by atoms with Crippen LogP contribution in [-0.2, 0) is 16.1 Å². The van der Waals surface area contributed by atoms with E-state index < -0.39 is 6.04 Å². The number of piperidine rings is 1. The van der Waals surface area contributed by atoms with E-state index in [1.165, 1.54) is 51.4 Å². The van der Waals surface area contributed by atoms with Crippen molar-refractivity contribution < 1.29 is 14.4 Å². The molecule has 37 heavy (non-hydrogen) atoms. The van der Waals surface area contributed by atoms with E-state index in [0.29, 0.717) is 24.6 Å². The minimum absolute atomic E-state index is 0.0945. The van der Waals surface area contributed by atoms with Crippen LogP contribution in [0.5, 0.6) is 0 Å². The number of amides is 3. The Morgan fingerprint density at radius 1 is 1.05 bits per heavy atom. The third-order valence-electron chi connectivity index (χ3n) is 8.55. The Hall–Kier alpha value is -1.86. The molecule has 2 N–H and O–H groups in total. The maximum atomic E-state index is 13.0. The van der Waals surface area contributed by atoms with Crippen LogP contribution in [0.1, 0.15) is 101 Å². The molecule has 204 valence electrons. The molecule has 1 unspecified atom stereocenters. The topological polar surface area (TPSA) is 78.5 Å². The molecule has 2 aliphatic heterocycles. The highest BCUT2D eigenvalue weighted by Crippen LogP contribution is 2.35. The van der Waals surface area contributed by atoms with Gasteiger partial charge in [-0.05, 0) is 79.9 Å². The Labute approximate surface area is 227 Å². The number of nitrogens with zero attached hydrogens (tertiary/aromatic N) is 1. The maximum Gasteiger partial charge on any atom is 0.255 e. The molecule has 4 rings (SSSR count). The summed E-state index contributed by atoms with van der Waals surface area (Å²) in [5, 5.41) is 6.27. The molecule has 2 heterocycles. The van der Waals surface area contributed by atoms with Crippen molar-refractivity contribution in [3.05, 3.63) is 29.3 Å². The highest BCUT2D eigenvalue weighted by molar-refractivity contribution is 7.99. The van der Waals surface area contributed by atoms with Gasteiger partial charge in [-0.2, -0.15) is 0 Å². The molecule has 3 aliphatic rings. The lowest BCUT2D eigenvalue weighted by Gasteiger charge is -2.38. The summed E-state index contributed by atoms with van der Waals surface area (Å²) >= 11 is 1.82. The maximum absolute atomic E-state index is 13.0. The first kappa shape index (κ1) is 28.2. The SMILES string of the molecule is CC(C)[C@H]1CC[C@H](C)C[C@@H]1NCCCCCCCSc1cccc2c1CN(C1CCC(=O)NC1=O)C2=O. The van der Waals surface area contributed by atoms with Crippen molar-refractivity contribution in [1.82, 2.24) is 15.5 Å². The Kier molecular flexibility index (Phi) is 10.1. The smallest absolute Gasteiger partial charge is 0.255 e. The summed E-state index contributed by atoms with van der Waals surface area (Å²) in [6.07, 6.45) is 11.0. The quantitative estimate of drug-likeness (QED) is 0.212. The zero-order valence-corrected chi connectivity index (χ0v) is 23.7. The molecule has 4 atom stereocenters. The first-order valence-corrected chi connectivity index (χ1v) is 15.5. The summed E-state index contributed by atoms with van der Waals surface area (Å²) in [6, 6.07) is 6.04. The largest absolute Gasteiger partial charge is 0.322 e. The van der Waals surface area contributed by atoms with E-state index in [9.17, 15) is 14.4 Å². The standard InChI is InChI=1S/C30H45N3O3S/c1-20(2)22-13-12-21(3)18-25(22)31-16-7-5-4-6-8-17-37-27-11-9-10-23-24(27)19-33(30(23)36)26-14-15-28(34)32-29(26)35/h9-11,20-22,25-26,31H,4-8,12-19H2,1-3H3,(H,32,34,35)/t21-,22+,25-,26?/m0/s1. The average molecular weight is 528 g/mol. The number of carbonyl (C=O) groups is 3. The molecule has 0 radical (unpaired) electrons. The van der Waals surface area contributed by atoms with E-state index in [-0.39, 0.29) is 24.1 Å². The number of thioether (sulfide) groups is 1. The van der Waals surface area contributed by atoms with Gasteiger partial charge in [0.15, 0.2) is 0 Å². The number of benzene rings is 1. The van der Waals surface area contributed by atoms with Crippen molar-refractivity contribution in [2.45, 2.75) is 109 Å². The van der Waals surface area contributed by atoms with Gasteiger partial charge in [0.1, 0.15) is 6.04 Å². The van der Waals surface area contributed by atoms with Gasteiger partial charge >= 0.3 is 0 Å². The van der Waals surface area contributed by atoms with Gasteiger partial charge in [0.2, 0.25) is 11.8 Å². The number of hydrogen-bond acceptors (Lipinski definition) is 5. The molecule has 1 saturated heterocycles. The molecule has 0 aromatic heterocycles. The van der Waals surface area contributed by atoms with Gasteiger partial charge < -0.3 is 10.2 Å². The van der Waals surface area contributed by atoms with Crippen molar-refractivity contribution in [3.63, 3.8) is 0 Å². The van der Waals surface area contributed by atoms with Gasteiger partial charge in [0.05, 0.1) is 0 Å². The molecule has 7 heteroatoms. The molecule has 1 aromatic rings. The first-order valence-electron chi connectivity index (χ1n) is 14.5. The number of carbonyl (C=O) groups excluding carboxylic acids is 3. The molecule has 6 nitrogen and oxygen atoms in total. The molecule has 0 bridgehead atoms. The van der Waals surface area contributed by atoms with Crippen molar-refractivity contribution >= 4 is 29.5 Å². The monoisotopic (exact) mass is 527 g/mol. The molecular formula is C30H45N3O3S. The van der Waals surface area contributed by atoms with Crippen LogP contribution in [0.25, 0.3) is 0 Å². The predicted octanol–water partition coefficient (Wildman–Crippen LogP) is 5.54. The van der Waals surface area contributed by atoms with E-state index >= 15 is 0 Å². The van der Waals surface area contributed by atoms with Crippen LogP contribution in [0.3, 0.4) is 0 Å². The lowest BCUT2D eigenvalue weighted by molar-refractivity contribution is -0.136. The van der Waals surface area contributed by atoms with Crippen LogP contribution in [0.2, 0.25) is 0 Å². The van der Waals surface area contributed by atoms with Gasteiger partial charge in [-0.1, -0.05) is 52.5 Å². The number of fused-ring (bicyclic) bond motifs is 1. The van der Waals surface area contributed by atoms with Crippen LogP contribution in [-0.4, -0.2) is 47.0 Å². The van der Waals surface area contributed by atoms with Crippen LogP contribution < -0.4 is 10.6 Å². The van der Waals surface area contributed by atoms with Gasteiger partial charge in [-0.3, -0.25) is 19.7 Å². The molecule has 1 saturated carbocycles. The van der Waals surface area contributed by atoms with Crippen molar-refractivity contribution in [1.29, 1.82) is 0 Å². The summed E-state index contributed by atoms with van der Waals surface area (Å²) in [5.41, 5.74) is 1.74. The second-order valence-corrected chi connectivity index (χ2v) is 12.8. The van der Waals surface area contributed by atoms with E-state index in [0.717, 1.165) is 40.5 Å². The number of hydrogen-bond donors (Lipinski definition) is 2. The van der Waals surface area contributed by atoms with Crippen LogP contribution in [0, 0.1) is 17.8 Å². The fourth-order valence-corrected chi connectivity index (χ4v) is 7.45. The molecular weight excluding hydrogens is 482 g/mol. The van der Waals surface area contributed by atoms with Gasteiger partial charge in [0.25, 0.3) is 5.91 Å². The molecule has 2 fully saturated rings. The highest BCUT2D eigenvalue weighted by atomic mass is 32.2. The normalized spacial score (nSPS) is 26.1. The number of nitrogens with one attached hydrogen (secondary N) is 2. The molecule has 1 aliphatic carbocycles. The Morgan fingerprint density at radius 2 is 1.84 bits per heavy atom. The first-order chi connectivity index (χ1) is 17.8. The molecule has 3 amide bonds. The Balaban J connectivity index is 1.14. The van der Waals surface area contributed by atoms with Crippen LogP contribution in [0.15, 0.2) is 23.1 Å². The Morgan fingerprint density at radius 3 is 2.62 bits per heavy atom. The number of imide groups is 1. The van der Waals surface area contributed by atoms with Crippen molar-refractivity contribution in [2.24, 2.45) is 17.8 Å². The average Bonchev–Trinajstić information content (AvgIpc) is 3.19. The zero-order valence-electron chi connectivity index (χ0n) is 22.9. The van der Waals surface area contributed by atoms with Gasteiger partial charge in [0, 0.05) is 29.5 Å². The third kappa shape index (κ3) is 7.17. The highest BCUT2D eigenvalue weighted by Gasteiger charge is 2.39. The van der Waals surface area contributed by atoms with Crippen LogP contribution >= 0.6 is 11.8 Å². The van der Waals surface area contributed by atoms with E-state index in [1.54, 1.807) is 4.90 Å². The van der Waals surface area contributed by atoms with Crippen LogP contribution in [0.4, 0.5) is 0 Å². The van der Waals surface area contributed by atoms with Crippen molar-refractivity contribution in [3.8, 4) is 0 Å². The summed E-state index contributed by atoms with van der Waals surface area (Å²) < 4.78 is 0. The fourth-order valence-electron chi connectivity index (χ4n) is 6.36. The molecule has 0 spiro atoms. The fraction of sp³-hybridized carbons (Fsp3) is 0.700. The lowest BCUT2D eigenvalue weighted by atomic mass is 9.74. The predicted molar refractivity (Wildman–Crippen MR) is 149 cm³/mol. The number of unbranched alkanes of at least 4 members (excludes halogenated alkanes) is 4. The Bertz CT molecular complexity index is 965. The van der Waals surface area contributed by atoms with Gasteiger partial charge in [-0.15, -0.1) is 11.8 Å². The van der Waals surface area contributed by atoms with Crippen molar-refractivity contribution in [2.75, 3.05) is 12.3 Å².